The van der Waals surface area contributed by atoms with Crippen LogP contribution in [0.15, 0.2) is 52.4 Å². The highest BCUT2D eigenvalue weighted by atomic mass is 35.5. The Morgan fingerprint density at radius 2 is 1.97 bits per heavy atom. The van der Waals surface area contributed by atoms with Crippen molar-refractivity contribution >= 4 is 51.6 Å². The Morgan fingerprint density at radius 3 is 2.75 bits per heavy atom. The van der Waals surface area contributed by atoms with Crippen LogP contribution < -0.4 is 10.9 Å². The summed E-state index contributed by atoms with van der Waals surface area (Å²) in [5.74, 6) is 0.910. The van der Waals surface area contributed by atoms with Gasteiger partial charge in [-0.3, -0.25) is 18.6 Å². The SMILES string of the molecule is Cc1ccc(Cl)cc1NC(=O)CSc1nnc2n(CCC(C)C)c(=O)c3ccccc3n12. The lowest BCUT2D eigenvalue weighted by Gasteiger charge is -2.12. The molecular formula is C23H24ClN5O2S. The summed E-state index contributed by atoms with van der Waals surface area (Å²) >= 11 is 7.32. The number of carbonyl (C=O) groups is 1. The number of fused-ring (bicyclic) bond motifs is 3. The average Bonchev–Trinajstić information content (AvgIpc) is 3.18. The Balaban J connectivity index is 1.65. The smallest absolute Gasteiger partial charge is 0.262 e. The molecule has 32 heavy (non-hydrogen) atoms. The summed E-state index contributed by atoms with van der Waals surface area (Å²) in [4.78, 5) is 25.7. The number of nitrogens with zero attached hydrogens (tertiary/aromatic N) is 4. The first kappa shape index (κ1) is 22.4. The minimum atomic E-state index is -0.172. The van der Waals surface area contributed by atoms with Gasteiger partial charge in [0, 0.05) is 17.3 Å². The van der Waals surface area contributed by atoms with E-state index in [4.69, 9.17) is 11.6 Å². The van der Waals surface area contributed by atoms with Crippen LogP contribution in [-0.2, 0) is 11.3 Å². The van der Waals surface area contributed by atoms with Crippen molar-refractivity contribution in [2.75, 3.05) is 11.1 Å². The molecule has 0 radical (unpaired) electrons. The van der Waals surface area contributed by atoms with Crippen LogP contribution >= 0.6 is 23.4 Å². The third kappa shape index (κ3) is 4.52. The average molecular weight is 470 g/mol. The van der Waals surface area contributed by atoms with Crippen molar-refractivity contribution in [3.05, 3.63) is 63.4 Å². The second-order valence-corrected chi connectivity index (χ2v) is 9.45. The van der Waals surface area contributed by atoms with Crippen molar-refractivity contribution in [2.24, 2.45) is 5.92 Å². The number of amides is 1. The molecule has 2 heterocycles. The summed E-state index contributed by atoms with van der Waals surface area (Å²) in [5, 5.41) is 13.2. The summed E-state index contributed by atoms with van der Waals surface area (Å²) in [7, 11) is 0. The number of nitrogens with one attached hydrogen (secondary N) is 1. The van der Waals surface area contributed by atoms with Crippen molar-refractivity contribution < 1.29 is 4.79 Å². The van der Waals surface area contributed by atoms with Crippen LogP contribution in [0.2, 0.25) is 5.02 Å². The predicted molar refractivity (Wildman–Crippen MR) is 130 cm³/mol. The fourth-order valence-electron chi connectivity index (χ4n) is 3.46. The first-order valence-electron chi connectivity index (χ1n) is 10.4. The van der Waals surface area contributed by atoms with Crippen molar-refractivity contribution in [1.29, 1.82) is 0 Å². The highest BCUT2D eigenvalue weighted by molar-refractivity contribution is 7.99. The minimum Gasteiger partial charge on any atom is -0.325 e. The summed E-state index contributed by atoms with van der Waals surface area (Å²) in [6.45, 7) is 6.71. The van der Waals surface area contributed by atoms with E-state index < -0.39 is 0 Å². The largest absolute Gasteiger partial charge is 0.325 e. The summed E-state index contributed by atoms with van der Waals surface area (Å²) < 4.78 is 3.54. The van der Waals surface area contributed by atoms with E-state index in [1.54, 1.807) is 16.7 Å². The van der Waals surface area contributed by atoms with Crippen molar-refractivity contribution in [1.82, 2.24) is 19.2 Å². The first-order chi connectivity index (χ1) is 15.3. The van der Waals surface area contributed by atoms with Crippen LogP contribution in [0.3, 0.4) is 0 Å². The van der Waals surface area contributed by atoms with E-state index in [1.807, 2.05) is 41.7 Å². The van der Waals surface area contributed by atoms with E-state index in [1.165, 1.54) is 11.8 Å². The number of halogens is 1. The van der Waals surface area contributed by atoms with Gasteiger partial charge in [-0.25, -0.2) is 0 Å². The number of thioether (sulfide) groups is 1. The molecule has 4 aromatic rings. The fourth-order valence-corrected chi connectivity index (χ4v) is 4.37. The van der Waals surface area contributed by atoms with E-state index in [0.717, 1.165) is 17.5 Å². The van der Waals surface area contributed by atoms with Gasteiger partial charge in [0.05, 0.1) is 16.7 Å². The van der Waals surface area contributed by atoms with Crippen LogP contribution in [0.5, 0.6) is 0 Å². The standard InChI is InChI=1S/C23H24ClN5O2S/c1-14(2)10-11-28-21(31)17-6-4-5-7-19(17)29-22(28)26-27-23(29)32-13-20(30)25-18-12-16(24)9-8-15(18)3/h4-9,12,14H,10-11,13H2,1-3H3,(H,25,30). The monoisotopic (exact) mass is 469 g/mol. The highest BCUT2D eigenvalue weighted by Gasteiger charge is 2.18. The number of hydrogen-bond acceptors (Lipinski definition) is 5. The molecule has 0 aliphatic rings. The third-order valence-electron chi connectivity index (χ3n) is 5.21. The van der Waals surface area contributed by atoms with E-state index >= 15 is 0 Å². The summed E-state index contributed by atoms with van der Waals surface area (Å²) in [5.41, 5.74) is 2.27. The number of rotatable bonds is 7. The van der Waals surface area contributed by atoms with Crippen LogP contribution in [0.4, 0.5) is 5.69 Å². The van der Waals surface area contributed by atoms with Crippen LogP contribution in [0, 0.1) is 12.8 Å². The Morgan fingerprint density at radius 1 is 1.19 bits per heavy atom. The van der Waals surface area contributed by atoms with E-state index in [9.17, 15) is 9.59 Å². The van der Waals surface area contributed by atoms with Gasteiger partial charge in [-0.1, -0.05) is 55.4 Å². The van der Waals surface area contributed by atoms with Gasteiger partial charge in [-0.05, 0) is 49.1 Å². The second kappa shape index (κ2) is 9.34. The molecule has 0 fully saturated rings. The van der Waals surface area contributed by atoms with Gasteiger partial charge in [0.1, 0.15) is 0 Å². The zero-order valence-corrected chi connectivity index (χ0v) is 19.7. The lowest BCUT2D eigenvalue weighted by Crippen LogP contribution is -2.24. The number of hydrogen-bond donors (Lipinski definition) is 1. The Kier molecular flexibility index (Phi) is 6.53. The zero-order valence-electron chi connectivity index (χ0n) is 18.1. The summed E-state index contributed by atoms with van der Waals surface area (Å²) in [6, 6.07) is 12.8. The van der Waals surface area contributed by atoms with Gasteiger partial charge >= 0.3 is 0 Å². The molecule has 0 saturated heterocycles. The molecule has 166 valence electrons. The fraction of sp³-hybridized carbons (Fsp3) is 0.304. The van der Waals surface area contributed by atoms with Crippen molar-refractivity contribution in [3.63, 3.8) is 0 Å². The van der Waals surface area contributed by atoms with Gasteiger partial charge in [0.15, 0.2) is 5.16 Å². The Labute approximate surface area is 194 Å². The van der Waals surface area contributed by atoms with Crippen LogP contribution in [0.1, 0.15) is 25.8 Å². The van der Waals surface area contributed by atoms with E-state index in [-0.39, 0.29) is 17.2 Å². The maximum Gasteiger partial charge on any atom is 0.262 e. The van der Waals surface area contributed by atoms with Gasteiger partial charge in [-0.2, -0.15) is 0 Å². The normalized spacial score (nSPS) is 11.5. The first-order valence-corrected chi connectivity index (χ1v) is 11.8. The predicted octanol–water partition coefficient (Wildman–Crippen LogP) is 4.78. The lowest BCUT2D eigenvalue weighted by molar-refractivity contribution is -0.113. The Hall–Kier alpha value is -2.84. The Bertz CT molecular complexity index is 1360. The molecule has 0 spiro atoms. The number of benzene rings is 2. The molecule has 2 aromatic carbocycles. The molecule has 2 aromatic heterocycles. The minimum absolute atomic E-state index is 0.0770. The molecule has 7 nitrogen and oxygen atoms in total. The van der Waals surface area contributed by atoms with E-state index in [0.29, 0.717) is 39.5 Å². The maximum atomic E-state index is 13.1. The van der Waals surface area contributed by atoms with Crippen LogP contribution in [0.25, 0.3) is 16.7 Å². The van der Waals surface area contributed by atoms with Crippen molar-refractivity contribution in [3.8, 4) is 0 Å². The molecule has 0 bridgehead atoms. The number of aromatic nitrogens is 4. The quantitative estimate of drug-likeness (QED) is 0.394. The molecule has 0 saturated carbocycles. The molecule has 0 aliphatic carbocycles. The molecule has 0 aliphatic heterocycles. The molecule has 1 N–H and O–H groups in total. The molecule has 0 unspecified atom stereocenters. The zero-order chi connectivity index (χ0) is 22.8. The number of aryl methyl sites for hydroxylation is 2. The third-order valence-corrected chi connectivity index (χ3v) is 6.38. The number of anilines is 1. The molecular weight excluding hydrogens is 446 g/mol. The maximum absolute atomic E-state index is 13.1. The van der Waals surface area contributed by atoms with Crippen molar-refractivity contribution in [2.45, 2.75) is 38.9 Å². The van der Waals surface area contributed by atoms with Crippen LogP contribution in [-0.4, -0.2) is 30.8 Å². The molecule has 0 atom stereocenters. The number of para-hydroxylation sites is 1. The van der Waals surface area contributed by atoms with Gasteiger partial charge in [0.2, 0.25) is 11.7 Å². The van der Waals surface area contributed by atoms with E-state index in [2.05, 4.69) is 29.4 Å². The van der Waals surface area contributed by atoms with Gasteiger partial charge in [0.25, 0.3) is 5.56 Å². The summed E-state index contributed by atoms with van der Waals surface area (Å²) in [6.07, 6.45) is 0.852. The topological polar surface area (TPSA) is 81.3 Å². The lowest BCUT2D eigenvalue weighted by atomic mass is 10.1. The molecule has 4 rings (SSSR count). The molecule has 9 heteroatoms. The van der Waals surface area contributed by atoms with Gasteiger partial charge in [-0.15, -0.1) is 10.2 Å². The highest BCUT2D eigenvalue weighted by Crippen LogP contribution is 2.24. The number of carbonyl (C=O) groups excluding carboxylic acids is 1. The van der Waals surface area contributed by atoms with Gasteiger partial charge < -0.3 is 5.32 Å². The molecule has 1 amide bonds. The second-order valence-electron chi connectivity index (χ2n) is 8.07.